The van der Waals surface area contributed by atoms with Crippen LogP contribution in [0.4, 0.5) is 13.2 Å². The fourth-order valence-corrected chi connectivity index (χ4v) is 8.88. The average molecular weight is 580 g/mol. The van der Waals surface area contributed by atoms with E-state index in [0.717, 1.165) is 0 Å². The molecule has 3 aromatic rings. The maximum absolute atomic E-state index is 13.8. The normalized spacial score (nSPS) is 19.2. The highest BCUT2D eigenvalue weighted by molar-refractivity contribution is 8.03. The van der Waals surface area contributed by atoms with E-state index < -0.39 is 62.1 Å². The van der Waals surface area contributed by atoms with Crippen LogP contribution in [0.2, 0.25) is 0 Å². The van der Waals surface area contributed by atoms with Crippen molar-refractivity contribution in [2.24, 2.45) is 17.8 Å². The Kier molecular flexibility index (Phi) is 8.63. The van der Waals surface area contributed by atoms with Crippen LogP contribution in [0.15, 0.2) is 95.9 Å². The average Bonchev–Trinajstić information content (AvgIpc) is 3.41. The van der Waals surface area contributed by atoms with Crippen LogP contribution in [0.3, 0.4) is 0 Å². The van der Waals surface area contributed by atoms with Gasteiger partial charge in [-0.2, -0.15) is 13.2 Å². The largest absolute Gasteiger partial charge is 0.391 e. The first-order valence-electron chi connectivity index (χ1n) is 12.4. The van der Waals surface area contributed by atoms with E-state index in [1.807, 2.05) is 0 Å². The smallest absolute Gasteiger partial charge is 0.294 e. The SMILES string of the molecule is O=C(c1ccccc1)C(CN(S(=O)(=O)Cc1ccccc1)S(=O)(=O)c1ccccc1)C1CCC(C(F)(F)F)C1. The lowest BCUT2D eigenvalue weighted by atomic mass is 9.84. The summed E-state index contributed by atoms with van der Waals surface area (Å²) < 4.78 is 95.9. The summed E-state index contributed by atoms with van der Waals surface area (Å²) in [7, 11) is -9.28. The van der Waals surface area contributed by atoms with Crippen LogP contribution in [-0.4, -0.2) is 39.1 Å². The molecule has 0 spiro atoms. The molecule has 3 atom stereocenters. The predicted octanol–water partition coefficient (Wildman–Crippen LogP) is 5.69. The van der Waals surface area contributed by atoms with Crippen LogP contribution in [0.5, 0.6) is 0 Å². The van der Waals surface area contributed by atoms with Crippen molar-refractivity contribution in [2.75, 3.05) is 6.54 Å². The molecule has 3 unspecified atom stereocenters. The number of sulfonamides is 2. The Hall–Kier alpha value is -3.02. The molecule has 6 nitrogen and oxygen atoms in total. The molecule has 0 radical (unpaired) electrons. The second-order valence-corrected chi connectivity index (χ2v) is 13.7. The van der Waals surface area contributed by atoms with E-state index in [4.69, 9.17) is 0 Å². The molecule has 1 aliphatic rings. The molecule has 3 aromatic carbocycles. The topological polar surface area (TPSA) is 88.6 Å². The van der Waals surface area contributed by atoms with Crippen molar-refractivity contribution in [1.82, 2.24) is 3.71 Å². The summed E-state index contributed by atoms with van der Waals surface area (Å²) in [5, 5.41) is 0. The second kappa shape index (κ2) is 11.6. The van der Waals surface area contributed by atoms with Gasteiger partial charge in [-0.05, 0) is 42.9 Å². The van der Waals surface area contributed by atoms with Crippen LogP contribution in [0.1, 0.15) is 35.2 Å². The summed E-state index contributed by atoms with van der Waals surface area (Å²) >= 11 is 0. The Labute approximate surface area is 226 Å². The number of hydrogen-bond acceptors (Lipinski definition) is 5. The minimum absolute atomic E-state index is 0.0192. The maximum Gasteiger partial charge on any atom is 0.391 e. The van der Waals surface area contributed by atoms with Gasteiger partial charge in [0.1, 0.15) is 0 Å². The monoisotopic (exact) mass is 579 g/mol. The highest BCUT2D eigenvalue weighted by Crippen LogP contribution is 2.45. The molecule has 0 N–H and O–H groups in total. The van der Waals surface area contributed by atoms with Gasteiger partial charge in [0.05, 0.1) is 16.6 Å². The summed E-state index contributed by atoms with van der Waals surface area (Å²) in [4.78, 5) is 13.4. The molecule has 208 valence electrons. The lowest BCUT2D eigenvalue weighted by Gasteiger charge is -2.29. The molecule has 1 saturated carbocycles. The number of rotatable bonds is 10. The molecule has 0 aliphatic heterocycles. The summed E-state index contributed by atoms with van der Waals surface area (Å²) in [6, 6.07) is 22.7. The molecule has 0 saturated heterocycles. The zero-order valence-electron chi connectivity index (χ0n) is 20.9. The molecule has 0 heterocycles. The van der Waals surface area contributed by atoms with Crippen LogP contribution in [0.25, 0.3) is 0 Å². The number of carbonyl (C=O) groups excluding carboxylic acids is 1. The molecule has 1 fully saturated rings. The number of alkyl halides is 3. The van der Waals surface area contributed by atoms with Crippen LogP contribution in [-0.2, 0) is 25.8 Å². The van der Waals surface area contributed by atoms with Crippen LogP contribution >= 0.6 is 0 Å². The standard InChI is InChI=1S/C28H28F3NO5S2/c29-28(30,31)24-17-16-23(18-24)26(27(33)22-12-6-2-7-13-22)19-32(39(36,37)25-14-8-3-9-15-25)38(34,35)20-21-10-4-1-5-11-21/h1-15,23-24,26H,16-20H2. The van der Waals surface area contributed by atoms with Crippen molar-refractivity contribution in [1.29, 1.82) is 0 Å². The van der Waals surface area contributed by atoms with Gasteiger partial charge in [0.25, 0.3) is 10.0 Å². The van der Waals surface area contributed by atoms with Crippen molar-refractivity contribution >= 4 is 25.8 Å². The second-order valence-electron chi connectivity index (χ2n) is 9.66. The van der Waals surface area contributed by atoms with E-state index in [-0.39, 0.29) is 29.7 Å². The molecule has 0 aromatic heterocycles. The minimum Gasteiger partial charge on any atom is -0.294 e. The molecular weight excluding hydrogens is 551 g/mol. The van der Waals surface area contributed by atoms with Crippen LogP contribution in [0, 0.1) is 17.8 Å². The highest BCUT2D eigenvalue weighted by atomic mass is 32.3. The Morgan fingerprint density at radius 3 is 1.90 bits per heavy atom. The Morgan fingerprint density at radius 2 is 1.36 bits per heavy atom. The minimum atomic E-state index is -4.69. The quantitative estimate of drug-likeness (QED) is 0.288. The molecule has 0 bridgehead atoms. The zero-order chi connectivity index (χ0) is 28.3. The van der Waals surface area contributed by atoms with Gasteiger partial charge in [-0.3, -0.25) is 4.79 Å². The predicted molar refractivity (Wildman–Crippen MR) is 141 cm³/mol. The zero-order valence-corrected chi connectivity index (χ0v) is 22.5. The van der Waals surface area contributed by atoms with Crippen LogP contribution < -0.4 is 0 Å². The third-order valence-electron chi connectivity index (χ3n) is 7.06. The lowest BCUT2D eigenvalue weighted by Crippen LogP contribution is -2.44. The van der Waals surface area contributed by atoms with E-state index >= 15 is 0 Å². The summed E-state index contributed by atoms with van der Waals surface area (Å²) in [6.45, 7) is -0.796. The molecule has 1 aliphatic carbocycles. The first-order chi connectivity index (χ1) is 18.4. The van der Waals surface area contributed by atoms with E-state index in [0.29, 0.717) is 9.27 Å². The van der Waals surface area contributed by atoms with E-state index in [9.17, 15) is 34.8 Å². The highest BCUT2D eigenvalue weighted by Gasteiger charge is 2.48. The maximum atomic E-state index is 13.8. The fourth-order valence-electron chi connectivity index (χ4n) is 5.03. The van der Waals surface area contributed by atoms with Crippen molar-refractivity contribution in [3.05, 3.63) is 102 Å². The van der Waals surface area contributed by atoms with Crippen molar-refractivity contribution in [3.63, 3.8) is 0 Å². The van der Waals surface area contributed by atoms with Gasteiger partial charge in [-0.15, -0.1) is 0 Å². The summed E-state index contributed by atoms with van der Waals surface area (Å²) in [6.07, 6.45) is -5.05. The number of halogens is 3. The third-order valence-corrected chi connectivity index (χ3v) is 11.3. The number of hydrogen-bond donors (Lipinski definition) is 0. The molecule has 0 amide bonds. The molecule has 4 rings (SSSR count). The van der Waals surface area contributed by atoms with Crippen molar-refractivity contribution in [3.8, 4) is 0 Å². The van der Waals surface area contributed by atoms with Crippen molar-refractivity contribution in [2.45, 2.75) is 36.1 Å². The van der Waals surface area contributed by atoms with Gasteiger partial charge in [0.2, 0.25) is 10.0 Å². The summed E-state index contributed by atoms with van der Waals surface area (Å²) in [5.74, 6) is -5.06. The Bertz CT molecular complexity index is 1480. The third kappa shape index (κ3) is 6.77. The van der Waals surface area contributed by atoms with Gasteiger partial charge >= 0.3 is 6.18 Å². The number of ketones is 1. The number of Topliss-reactive ketones (excluding diaryl/α,β-unsaturated/α-hetero) is 1. The molecular formula is C28H28F3NO5S2. The first-order valence-corrected chi connectivity index (χ1v) is 15.4. The van der Waals surface area contributed by atoms with E-state index in [1.54, 1.807) is 42.5 Å². The van der Waals surface area contributed by atoms with Gasteiger partial charge in [0.15, 0.2) is 5.78 Å². The van der Waals surface area contributed by atoms with Gasteiger partial charge < -0.3 is 0 Å². The molecule has 39 heavy (non-hydrogen) atoms. The first kappa shape index (κ1) is 29.0. The molecule has 11 heteroatoms. The van der Waals surface area contributed by atoms with E-state index in [1.165, 1.54) is 48.5 Å². The fraction of sp³-hybridized carbons (Fsp3) is 0.321. The Morgan fingerprint density at radius 1 is 0.821 bits per heavy atom. The number of carbonyl (C=O) groups is 1. The van der Waals surface area contributed by atoms with Gasteiger partial charge in [0, 0.05) is 18.0 Å². The van der Waals surface area contributed by atoms with Gasteiger partial charge in [-0.1, -0.05) is 82.6 Å². The number of nitrogens with zero attached hydrogens (tertiary/aromatic N) is 1. The summed E-state index contributed by atoms with van der Waals surface area (Å²) in [5.41, 5.74) is 0.505. The Balaban J connectivity index is 1.78. The number of benzene rings is 3. The lowest BCUT2D eigenvalue weighted by molar-refractivity contribution is -0.173. The van der Waals surface area contributed by atoms with E-state index in [2.05, 4.69) is 0 Å². The van der Waals surface area contributed by atoms with Crippen molar-refractivity contribution < 1.29 is 34.8 Å². The van der Waals surface area contributed by atoms with Gasteiger partial charge in [-0.25, -0.2) is 16.8 Å².